The second-order valence-corrected chi connectivity index (χ2v) is 8.70. The van der Waals surface area contributed by atoms with Crippen LogP contribution in [-0.2, 0) is 9.53 Å². The number of halogens is 1. The van der Waals surface area contributed by atoms with Gasteiger partial charge in [-0.1, -0.05) is 6.92 Å². The van der Waals surface area contributed by atoms with Crippen LogP contribution in [0.15, 0.2) is 30.5 Å². The number of amides is 1. The molecular weight excluding hydrogens is 437 g/mol. The Morgan fingerprint density at radius 2 is 1.82 bits per heavy atom. The summed E-state index contributed by atoms with van der Waals surface area (Å²) in [7, 11) is 0. The Morgan fingerprint density at radius 1 is 1.09 bits per heavy atom. The summed E-state index contributed by atoms with van der Waals surface area (Å²) < 4.78 is 18.6. The van der Waals surface area contributed by atoms with Crippen molar-refractivity contribution in [2.75, 3.05) is 57.3 Å². The van der Waals surface area contributed by atoms with E-state index in [2.05, 4.69) is 21.7 Å². The predicted octanol–water partition coefficient (Wildman–Crippen LogP) is 2.84. The van der Waals surface area contributed by atoms with E-state index in [1.54, 1.807) is 30.2 Å². The SMILES string of the molecule is CCOC(=O)[C@H]1CCCN(C(=O)c2cnc(-c3ccc(F)cc3)nc2N2CCN(CC)CC2)C1. The van der Waals surface area contributed by atoms with E-state index in [9.17, 15) is 14.0 Å². The average molecular weight is 470 g/mol. The minimum Gasteiger partial charge on any atom is -0.466 e. The van der Waals surface area contributed by atoms with E-state index < -0.39 is 0 Å². The van der Waals surface area contributed by atoms with Crippen molar-refractivity contribution in [3.63, 3.8) is 0 Å². The molecule has 0 aliphatic carbocycles. The summed E-state index contributed by atoms with van der Waals surface area (Å²) in [5.74, 6) is -0.0198. The molecule has 1 amide bonds. The van der Waals surface area contributed by atoms with Crippen LogP contribution in [0, 0.1) is 11.7 Å². The Kier molecular flexibility index (Phi) is 7.72. The Morgan fingerprint density at radius 3 is 2.50 bits per heavy atom. The van der Waals surface area contributed by atoms with Gasteiger partial charge in [-0.05, 0) is 50.6 Å². The predicted molar refractivity (Wildman–Crippen MR) is 127 cm³/mol. The van der Waals surface area contributed by atoms with E-state index in [-0.39, 0.29) is 23.6 Å². The van der Waals surface area contributed by atoms with Gasteiger partial charge < -0.3 is 19.4 Å². The van der Waals surface area contributed by atoms with Gasteiger partial charge in [-0.2, -0.15) is 0 Å². The molecule has 3 heterocycles. The maximum atomic E-state index is 13.6. The number of nitrogens with zero attached hydrogens (tertiary/aromatic N) is 5. The summed E-state index contributed by atoms with van der Waals surface area (Å²) in [6.45, 7) is 9.41. The molecule has 182 valence electrons. The topological polar surface area (TPSA) is 78.9 Å². The fraction of sp³-hybridized carbons (Fsp3) is 0.520. The van der Waals surface area contributed by atoms with Crippen molar-refractivity contribution in [3.05, 3.63) is 41.8 Å². The molecule has 2 saturated heterocycles. The molecule has 0 saturated carbocycles. The number of esters is 1. The van der Waals surface area contributed by atoms with Gasteiger partial charge in [0, 0.05) is 51.0 Å². The van der Waals surface area contributed by atoms with E-state index in [1.807, 2.05) is 0 Å². The van der Waals surface area contributed by atoms with Gasteiger partial charge in [-0.3, -0.25) is 9.59 Å². The summed E-state index contributed by atoms with van der Waals surface area (Å²) >= 11 is 0. The third-order valence-electron chi connectivity index (χ3n) is 6.55. The quantitative estimate of drug-likeness (QED) is 0.602. The zero-order valence-electron chi connectivity index (χ0n) is 19.9. The van der Waals surface area contributed by atoms with Gasteiger partial charge in [0.2, 0.25) is 0 Å². The summed E-state index contributed by atoms with van der Waals surface area (Å²) in [5, 5.41) is 0. The highest BCUT2D eigenvalue weighted by atomic mass is 19.1. The van der Waals surface area contributed by atoms with Crippen molar-refractivity contribution < 1.29 is 18.7 Å². The number of piperidine rings is 1. The van der Waals surface area contributed by atoms with Crippen LogP contribution in [0.4, 0.5) is 10.2 Å². The normalized spacial score (nSPS) is 19.2. The first-order chi connectivity index (χ1) is 16.5. The van der Waals surface area contributed by atoms with Crippen molar-refractivity contribution in [3.8, 4) is 11.4 Å². The number of anilines is 1. The lowest BCUT2D eigenvalue weighted by Gasteiger charge is -2.36. The molecule has 2 aliphatic heterocycles. The molecule has 2 fully saturated rings. The van der Waals surface area contributed by atoms with Crippen LogP contribution in [0.2, 0.25) is 0 Å². The molecule has 34 heavy (non-hydrogen) atoms. The molecule has 0 radical (unpaired) electrons. The van der Waals surface area contributed by atoms with Crippen molar-refractivity contribution >= 4 is 17.7 Å². The Labute approximate surface area is 199 Å². The number of carbonyl (C=O) groups is 2. The maximum Gasteiger partial charge on any atom is 0.310 e. The Bertz CT molecular complexity index is 1010. The number of rotatable bonds is 6. The molecule has 0 bridgehead atoms. The number of likely N-dealkylation sites (tertiary alicyclic amines) is 1. The highest BCUT2D eigenvalue weighted by Crippen LogP contribution is 2.27. The zero-order chi connectivity index (χ0) is 24.1. The first kappa shape index (κ1) is 24.1. The second-order valence-electron chi connectivity index (χ2n) is 8.70. The largest absolute Gasteiger partial charge is 0.466 e. The third kappa shape index (κ3) is 5.35. The lowest BCUT2D eigenvalue weighted by Crippen LogP contribution is -2.48. The van der Waals surface area contributed by atoms with Crippen LogP contribution in [0.3, 0.4) is 0 Å². The van der Waals surface area contributed by atoms with Gasteiger partial charge in [0.25, 0.3) is 5.91 Å². The van der Waals surface area contributed by atoms with Gasteiger partial charge in [0.05, 0.1) is 12.5 Å². The molecule has 1 aromatic heterocycles. The molecule has 0 spiro atoms. The molecule has 4 rings (SSSR count). The number of benzene rings is 1. The number of likely N-dealkylation sites (N-methyl/N-ethyl adjacent to an activating group) is 1. The van der Waals surface area contributed by atoms with E-state index in [1.165, 1.54) is 12.1 Å². The van der Waals surface area contributed by atoms with Crippen LogP contribution in [0.5, 0.6) is 0 Å². The lowest BCUT2D eigenvalue weighted by molar-refractivity contribution is -0.149. The van der Waals surface area contributed by atoms with Crippen LogP contribution in [0.25, 0.3) is 11.4 Å². The van der Waals surface area contributed by atoms with Crippen LogP contribution in [-0.4, -0.2) is 84.1 Å². The molecule has 9 heteroatoms. The van der Waals surface area contributed by atoms with Crippen molar-refractivity contribution in [2.45, 2.75) is 26.7 Å². The first-order valence-electron chi connectivity index (χ1n) is 12.1. The molecule has 1 atom stereocenters. The van der Waals surface area contributed by atoms with Crippen LogP contribution >= 0.6 is 0 Å². The fourth-order valence-corrected chi connectivity index (χ4v) is 4.56. The summed E-state index contributed by atoms with van der Waals surface area (Å²) in [6, 6.07) is 6.03. The van der Waals surface area contributed by atoms with E-state index in [4.69, 9.17) is 9.72 Å². The van der Waals surface area contributed by atoms with Gasteiger partial charge in [0.15, 0.2) is 5.82 Å². The number of hydrogen-bond acceptors (Lipinski definition) is 7. The molecule has 1 aromatic carbocycles. The first-order valence-corrected chi connectivity index (χ1v) is 12.1. The number of aromatic nitrogens is 2. The fourth-order valence-electron chi connectivity index (χ4n) is 4.56. The maximum absolute atomic E-state index is 13.6. The zero-order valence-corrected chi connectivity index (χ0v) is 19.9. The van der Waals surface area contributed by atoms with E-state index >= 15 is 0 Å². The summed E-state index contributed by atoms with van der Waals surface area (Å²) in [4.78, 5) is 41.3. The molecule has 2 aliphatic rings. The highest BCUT2D eigenvalue weighted by molar-refractivity contribution is 5.99. The molecule has 0 N–H and O–H groups in total. The van der Waals surface area contributed by atoms with Gasteiger partial charge in [-0.15, -0.1) is 0 Å². The minimum absolute atomic E-state index is 0.174. The van der Waals surface area contributed by atoms with Crippen LogP contribution < -0.4 is 4.90 Å². The number of carbonyl (C=O) groups excluding carboxylic acids is 2. The molecule has 2 aromatic rings. The van der Waals surface area contributed by atoms with Gasteiger partial charge in [0.1, 0.15) is 17.2 Å². The summed E-state index contributed by atoms with van der Waals surface area (Å²) in [6.07, 6.45) is 3.03. The molecule has 8 nitrogen and oxygen atoms in total. The van der Waals surface area contributed by atoms with E-state index in [0.717, 1.165) is 39.1 Å². The number of hydrogen-bond donors (Lipinski definition) is 0. The van der Waals surface area contributed by atoms with E-state index in [0.29, 0.717) is 48.9 Å². The monoisotopic (exact) mass is 469 g/mol. The second kappa shape index (κ2) is 10.9. The minimum atomic E-state index is -0.326. The average Bonchev–Trinajstić information content (AvgIpc) is 2.88. The molecular formula is C25H32FN5O3. The lowest BCUT2D eigenvalue weighted by atomic mass is 9.97. The van der Waals surface area contributed by atoms with Crippen molar-refractivity contribution in [1.82, 2.24) is 19.8 Å². The smallest absolute Gasteiger partial charge is 0.310 e. The third-order valence-corrected chi connectivity index (χ3v) is 6.55. The van der Waals surface area contributed by atoms with Crippen LogP contribution in [0.1, 0.15) is 37.0 Å². The van der Waals surface area contributed by atoms with Crippen molar-refractivity contribution in [1.29, 1.82) is 0 Å². The molecule has 0 unspecified atom stereocenters. The number of ether oxygens (including phenoxy) is 1. The standard InChI is InChI=1S/C25H32FN5O3/c1-3-29-12-14-30(15-13-29)23-21(16-27-22(28-23)18-7-9-20(26)10-8-18)24(32)31-11-5-6-19(17-31)25(33)34-4-2/h7-10,16,19H,3-6,11-15,17H2,1-2H3/t19-/m0/s1. The Balaban J connectivity index is 1.63. The number of piperazine rings is 1. The van der Waals surface area contributed by atoms with Gasteiger partial charge in [-0.25, -0.2) is 14.4 Å². The van der Waals surface area contributed by atoms with Crippen molar-refractivity contribution in [2.24, 2.45) is 5.92 Å². The summed E-state index contributed by atoms with van der Waals surface area (Å²) in [5.41, 5.74) is 1.12. The highest BCUT2D eigenvalue weighted by Gasteiger charge is 2.32. The van der Waals surface area contributed by atoms with Gasteiger partial charge >= 0.3 is 5.97 Å². The Hall–Kier alpha value is -3.07.